The van der Waals surface area contributed by atoms with Crippen molar-refractivity contribution < 1.29 is 4.79 Å². The summed E-state index contributed by atoms with van der Waals surface area (Å²) in [7, 11) is 0. The molecule has 0 aliphatic heterocycles. The molecule has 1 amide bonds. The summed E-state index contributed by atoms with van der Waals surface area (Å²) in [5.74, 6) is 0. The molecule has 2 N–H and O–H groups in total. The van der Waals surface area contributed by atoms with Crippen LogP contribution >= 0.6 is 0 Å². The van der Waals surface area contributed by atoms with E-state index in [-0.39, 0.29) is 17.6 Å². The number of aromatic nitrogens is 5. The maximum atomic E-state index is 12.7. The molecule has 1 saturated carbocycles. The van der Waals surface area contributed by atoms with Crippen LogP contribution in [-0.2, 0) is 0 Å². The lowest BCUT2D eigenvalue weighted by molar-refractivity contribution is 0.240. The van der Waals surface area contributed by atoms with Crippen LogP contribution in [0.5, 0.6) is 0 Å². The van der Waals surface area contributed by atoms with E-state index in [1.165, 1.54) is 15.6 Å². The molecule has 1 aliphatic carbocycles. The lowest BCUT2D eigenvalue weighted by Gasteiger charge is -2.02. The third-order valence-corrected chi connectivity index (χ3v) is 4.37. The Kier molecular flexibility index (Phi) is 2.81. The average Bonchev–Trinajstić information content (AvgIpc) is 3.23. The Labute approximate surface area is 141 Å². The second kappa shape index (κ2) is 5.04. The Bertz CT molecular complexity index is 1170. The number of hydrogen-bond donors (Lipinski definition) is 2. The molecule has 0 spiro atoms. The minimum Gasteiger partial charge on any atom is -0.333 e. The van der Waals surface area contributed by atoms with Gasteiger partial charge >= 0.3 is 6.03 Å². The number of pyridine rings is 1. The first-order valence-corrected chi connectivity index (χ1v) is 8.06. The number of nitrogens with one attached hydrogen (secondary N) is 2. The van der Waals surface area contributed by atoms with Crippen LogP contribution in [0.4, 0.5) is 4.79 Å². The number of hydrogen-bond acceptors (Lipinski definition) is 4. The second-order valence-electron chi connectivity index (χ2n) is 6.15. The Morgan fingerprint density at radius 2 is 1.96 bits per heavy atom. The lowest BCUT2D eigenvalue weighted by Crippen LogP contribution is -2.31. The molecule has 3 aromatic heterocycles. The molecule has 0 unspecified atom stereocenters. The van der Waals surface area contributed by atoms with Gasteiger partial charge in [0.1, 0.15) is 0 Å². The number of fused-ring (bicyclic) bond motifs is 3. The molecule has 3 heterocycles. The number of aromatic amines is 1. The average molecular weight is 334 g/mol. The molecular weight excluding hydrogens is 320 g/mol. The van der Waals surface area contributed by atoms with Gasteiger partial charge in [0.2, 0.25) is 0 Å². The molecule has 25 heavy (non-hydrogen) atoms. The standard InChI is InChI=1S/C17H14N6O2/c24-16-13-8-18-15-12(9-19-23(15)17(25)20-10-6-7-10)14(13)21-22(16)11-4-2-1-3-5-11/h1-5,8-10,21H,6-7H2,(H,20,25). The van der Waals surface area contributed by atoms with E-state index in [0.717, 1.165) is 18.5 Å². The van der Waals surface area contributed by atoms with E-state index in [1.54, 1.807) is 6.20 Å². The lowest BCUT2D eigenvalue weighted by atomic mass is 10.2. The SMILES string of the molecule is O=C(NC1CC1)n1ncc2c3[nH]n(-c4ccccc4)c(=O)c3cnc21. The molecule has 8 heteroatoms. The van der Waals surface area contributed by atoms with Gasteiger partial charge in [-0.1, -0.05) is 18.2 Å². The molecule has 124 valence electrons. The Morgan fingerprint density at radius 1 is 1.16 bits per heavy atom. The number of H-pyrrole nitrogens is 1. The molecule has 5 rings (SSSR count). The monoisotopic (exact) mass is 334 g/mol. The second-order valence-corrected chi connectivity index (χ2v) is 6.15. The van der Waals surface area contributed by atoms with Gasteiger partial charge in [0, 0.05) is 12.2 Å². The van der Waals surface area contributed by atoms with Gasteiger partial charge in [-0.15, -0.1) is 0 Å². The molecule has 4 aromatic rings. The van der Waals surface area contributed by atoms with Crippen LogP contribution in [0.3, 0.4) is 0 Å². The predicted molar refractivity (Wildman–Crippen MR) is 91.9 cm³/mol. The van der Waals surface area contributed by atoms with Gasteiger partial charge in [-0.25, -0.2) is 14.5 Å². The summed E-state index contributed by atoms with van der Waals surface area (Å²) in [4.78, 5) is 29.2. The minimum absolute atomic E-state index is 0.189. The van der Waals surface area contributed by atoms with Crippen molar-refractivity contribution in [2.24, 2.45) is 0 Å². The minimum atomic E-state index is -0.297. The fourth-order valence-electron chi connectivity index (χ4n) is 2.91. The number of nitrogens with zero attached hydrogens (tertiary/aromatic N) is 4. The van der Waals surface area contributed by atoms with Gasteiger partial charge in [0.25, 0.3) is 5.56 Å². The molecule has 1 aromatic carbocycles. The first kappa shape index (κ1) is 14.0. The Balaban J connectivity index is 1.69. The van der Waals surface area contributed by atoms with Gasteiger partial charge < -0.3 is 5.32 Å². The van der Waals surface area contributed by atoms with Crippen molar-refractivity contribution in [1.82, 2.24) is 29.9 Å². The van der Waals surface area contributed by atoms with Gasteiger partial charge in [-0.05, 0) is 25.0 Å². The third kappa shape index (κ3) is 2.14. The van der Waals surface area contributed by atoms with E-state index in [4.69, 9.17) is 0 Å². The number of carbonyl (C=O) groups is 1. The van der Waals surface area contributed by atoms with E-state index < -0.39 is 0 Å². The summed E-state index contributed by atoms with van der Waals surface area (Å²) < 4.78 is 2.71. The number of carbonyl (C=O) groups excluding carboxylic acids is 1. The highest BCUT2D eigenvalue weighted by Crippen LogP contribution is 2.22. The smallest absolute Gasteiger partial charge is 0.333 e. The van der Waals surface area contributed by atoms with Gasteiger partial charge in [0.15, 0.2) is 5.65 Å². The highest BCUT2D eigenvalue weighted by Gasteiger charge is 2.25. The maximum Gasteiger partial charge on any atom is 0.344 e. The van der Waals surface area contributed by atoms with E-state index in [2.05, 4.69) is 20.5 Å². The van der Waals surface area contributed by atoms with Crippen LogP contribution in [0, 0.1) is 0 Å². The van der Waals surface area contributed by atoms with E-state index in [0.29, 0.717) is 21.9 Å². The van der Waals surface area contributed by atoms with Crippen molar-refractivity contribution in [3.8, 4) is 5.69 Å². The summed E-state index contributed by atoms with van der Waals surface area (Å²) in [6, 6.07) is 9.23. The maximum absolute atomic E-state index is 12.7. The topological polar surface area (TPSA) is 97.6 Å². The van der Waals surface area contributed by atoms with Crippen LogP contribution in [0.15, 0.2) is 47.5 Å². The van der Waals surface area contributed by atoms with Crippen LogP contribution < -0.4 is 10.9 Å². The summed E-state index contributed by atoms with van der Waals surface area (Å²) in [6.07, 6.45) is 5.03. The fourth-order valence-corrected chi connectivity index (χ4v) is 2.91. The zero-order chi connectivity index (χ0) is 17.0. The normalized spacial score (nSPS) is 14.2. The summed E-state index contributed by atoms with van der Waals surface area (Å²) in [6.45, 7) is 0. The number of benzene rings is 1. The van der Waals surface area contributed by atoms with Gasteiger partial charge in [-0.3, -0.25) is 9.89 Å². The van der Waals surface area contributed by atoms with E-state index in [1.807, 2.05) is 30.3 Å². The van der Waals surface area contributed by atoms with Crippen molar-refractivity contribution in [1.29, 1.82) is 0 Å². The Hall–Kier alpha value is -3.42. The van der Waals surface area contributed by atoms with Crippen LogP contribution in [0.2, 0.25) is 0 Å². The molecule has 1 fully saturated rings. The largest absolute Gasteiger partial charge is 0.344 e. The zero-order valence-electron chi connectivity index (χ0n) is 13.1. The fraction of sp³-hybridized carbons (Fsp3) is 0.176. The first-order valence-electron chi connectivity index (χ1n) is 8.06. The van der Waals surface area contributed by atoms with Gasteiger partial charge in [-0.2, -0.15) is 9.78 Å². The summed E-state index contributed by atoms with van der Waals surface area (Å²) in [5, 5.41) is 11.2. The predicted octanol–water partition coefficient (Wildman–Crippen LogP) is 1.78. The van der Waals surface area contributed by atoms with Crippen LogP contribution in [0.25, 0.3) is 27.6 Å². The van der Waals surface area contributed by atoms with Crippen molar-refractivity contribution in [3.05, 3.63) is 53.1 Å². The number of rotatable bonds is 2. The Morgan fingerprint density at radius 3 is 2.72 bits per heavy atom. The molecule has 8 nitrogen and oxygen atoms in total. The highest BCUT2D eigenvalue weighted by atomic mass is 16.2. The zero-order valence-corrected chi connectivity index (χ0v) is 13.1. The molecular formula is C17H14N6O2. The van der Waals surface area contributed by atoms with E-state index in [9.17, 15) is 9.59 Å². The highest BCUT2D eigenvalue weighted by molar-refractivity contribution is 6.03. The molecule has 0 radical (unpaired) electrons. The summed E-state index contributed by atoms with van der Waals surface area (Å²) in [5.41, 5.74) is 1.58. The third-order valence-electron chi connectivity index (χ3n) is 4.37. The quantitative estimate of drug-likeness (QED) is 0.584. The molecule has 0 saturated heterocycles. The van der Waals surface area contributed by atoms with Crippen LogP contribution in [0.1, 0.15) is 12.8 Å². The number of para-hydroxylation sites is 1. The first-order chi connectivity index (χ1) is 12.2. The van der Waals surface area contributed by atoms with Crippen molar-refractivity contribution in [2.45, 2.75) is 18.9 Å². The molecule has 1 aliphatic rings. The van der Waals surface area contributed by atoms with Gasteiger partial charge in [0.05, 0.1) is 28.2 Å². The van der Waals surface area contributed by atoms with Crippen molar-refractivity contribution in [2.75, 3.05) is 0 Å². The van der Waals surface area contributed by atoms with Crippen LogP contribution in [-0.4, -0.2) is 36.6 Å². The van der Waals surface area contributed by atoms with E-state index >= 15 is 0 Å². The van der Waals surface area contributed by atoms with Crippen molar-refractivity contribution >= 4 is 28.0 Å². The van der Waals surface area contributed by atoms with Crippen molar-refractivity contribution in [3.63, 3.8) is 0 Å². The summed E-state index contributed by atoms with van der Waals surface area (Å²) >= 11 is 0. The molecule has 0 atom stereocenters. The number of amides is 1. The molecule has 0 bridgehead atoms.